The molecule has 0 saturated carbocycles. The summed E-state index contributed by atoms with van der Waals surface area (Å²) in [6.45, 7) is 4.45. The van der Waals surface area contributed by atoms with Gasteiger partial charge in [-0.2, -0.15) is 5.10 Å². The molecule has 0 radical (unpaired) electrons. The lowest BCUT2D eigenvalue weighted by atomic mass is 9.76. The highest BCUT2D eigenvalue weighted by molar-refractivity contribution is 6.39. The monoisotopic (exact) mass is 290 g/mol. The van der Waals surface area contributed by atoms with E-state index in [2.05, 4.69) is 11.2 Å². The molecule has 0 amide bonds. The van der Waals surface area contributed by atoms with E-state index in [1.165, 1.54) is 0 Å². The third-order valence-electron chi connectivity index (χ3n) is 4.83. The Morgan fingerprint density at radius 2 is 2.24 bits per heavy atom. The van der Waals surface area contributed by atoms with E-state index in [1.807, 2.05) is 30.2 Å². The summed E-state index contributed by atoms with van der Waals surface area (Å²) in [5.74, 6) is -0.256. The summed E-state index contributed by atoms with van der Waals surface area (Å²) in [5.41, 5.74) is -0.268. The van der Waals surface area contributed by atoms with Gasteiger partial charge in [0.05, 0.1) is 11.5 Å². The molecule has 3 rings (SSSR count). The normalized spacial score (nSPS) is 32.1. The van der Waals surface area contributed by atoms with Crippen molar-refractivity contribution >= 4 is 11.7 Å². The van der Waals surface area contributed by atoms with E-state index < -0.39 is 11.4 Å². The maximum absolute atomic E-state index is 11.5. The average Bonchev–Trinajstić information content (AvgIpc) is 2.79. The van der Waals surface area contributed by atoms with Gasteiger partial charge in [-0.1, -0.05) is 24.3 Å². The molecular weight excluding hydrogens is 268 g/mol. The van der Waals surface area contributed by atoms with E-state index in [4.69, 9.17) is 4.74 Å². The Labute approximate surface area is 125 Å². The van der Waals surface area contributed by atoms with Crippen LogP contribution in [0.4, 0.5) is 0 Å². The molecule has 0 bridgehead atoms. The molecule has 114 valence electrons. The third kappa shape index (κ3) is 2.62. The second kappa shape index (κ2) is 5.64. The average molecular weight is 290 g/mol. The lowest BCUT2D eigenvalue weighted by Gasteiger charge is -2.33. The molecule has 1 saturated heterocycles. The second-order valence-electron chi connectivity index (χ2n) is 6.23. The van der Waals surface area contributed by atoms with Crippen molar-refractivity contribution < 1.29 is 14.6 Å². The smallest absolute Gasteiger partial charge is 0.353 e. The Hall–Kier alpha value is -1.62. The fourth-order valence-electron chi connectivity index (χ4n) is 3.46. The Balaban J connectivity index is 1.71. The predicted molar refractivity (Wildman–Crippen MR) is 80.1 cm³/mol. The first-order chi connectivity index (χ1) is 10.1. The van der Waals surface area contributed by atoms with Gasteiger partial charge in [0.15, 0.2) is 5.71 Å². The summed E-state index contributed by atoms with van der Waals surface area (Å²) < 4.78 is 5.38. The Morgan fingerprint density at radius 3 is 2.95 bits per heavy atom. The van der Waals surface area contributed by atoms with Crippen molar-refractivity contribution in [1.82, 2.24) is 5.01 Å². The summed E-state index contributed by atoms with van der Waals surface area (Å²) in [6, 6.07) is 0.0217. The molecule has 5 nitrogen and oxygen atoms in total. The van der Waals surface area contributed by atoms with E-state index in [0.717, 1.165) is 39.0 Å². The quantitative estimate of drug-likeness (QED) is 0.861. The minimum Gasteiger partial charge on any atom is -0.477 e. The number of fused-ring (bicyclic) bond motifs is 1. The first-order valence-corrected chi connectivity index (χ1v) is 7.64. The van der Waals surface area contributed by atoms with Crippen LogP contribution in [-0.4, -0.2) is 47.6 Å². The van der Waals surface area contributed by atoms with Crippen LogP contribution < -0.4 is 0 Å². The van der Waals surface area contributed by atoms with Crippen molar-refractivity contribution in [1.29, 1.82) is 0 Å². The molecule has 1 aliphatic carbocycles. The van der Waals surface area contributed by atoms with E-state index in [-0.39, 0.29) is 11.8 Å². The highest BCUT2D eigenvalue weighted by Gasteiger charge is 2.48. The first-order valence-electron chi connectivity index (χ1n) is 7.64. The summed E-state index contributed by atoms with van der Waals surface area (Å²) >= 11 is 0. The van der Waals surface area contributed by atoms with Gasteiger partial charge in [-0.25, -0.2) is 4.79 Å². The van der Waals surface area contributed by atoms with Crippen LogP contribution in [0.3, 0.4) is 0 Å². The van der Waals surface area contributed by atoms with Crippen molar-refractivity contribution in [3.05, 3.63) is 24.3 Å². The molecule has 2 atom stereocenters. The number of nitrogens with zero attached hydrogens (tertiary/aromatic N) is 2. The lowest BCUT2D eigenvalue weighted by Crippen LogP contribution is -2.42. The van der Waals surface area contributed by atoms with Gasteiger partial charge in [-0.05, 0) is 32.1 Å². The number of carboxylic acids is 1. The third-order valence-corrected chi connectivity index (χ3v) is 4.83. The van der Waals surface area contributed by atoms with Gasteiger partial charge in [0, 0.05) is 19.8 Å². The van der Waals surface area contributed by atoms with Crippen molar-refractivity contribution in [3.63, 3.8) is 0 Å². The van der Waals surface area contributed by atoms with E-state index in [9.17, 15) is 9.90 Å². The van der Waals surface area contributed by atoms with Gasteiger partial charge < -0.3 is 9.84 Å². The molecule has 1 fully saturated rings. The van der Waals surface area contributed by atoms with Crippen LogP contribution in [-0.2, 0) is 9.53 Å². The molecule has 2 aliphatic heterocycles. The van der Waals surface area contributed by atoms with Gasteiger partial charge in [0.25, 0.3) is 0 Å². The van der Waals surface area contributed by atoms with Gasteiger partial charge >= 0.3 is 5.97 Å². The molecule has 2 heterocycles. The van der Waals surface area contributed by atoms with Crippen molar-refractivity contribution in [2.75, 3.05) is 19.8 Å². The summed E-state index contributed by atoms with van der Waals surface area (Å²) in [7, 11) is 0. The molecule has 0 spiro atoms. The molecule has 21 heavy (non-hydrogen) atoms. The number of aliphatic carboxylic acids is 1. The zero-order valence-electron chi connectivity index (χ0n) is 12.4. The number of carbonyl (C=O) groups is 1. The molecule has 0 aromatic heterocycles. The van der Waals surface area contributed by atoms with Crippen LogP contribution in [0.15, 0.2) is 29.4 Å². The zero-order chi connectivity index (χ0) is 14.9. The first kappa shape index (κ1) is 14.3. The Kier molecular flexibility index (Phi) is 3.85. The fourth-order valence-corrected chi connectivity index (χ4v) is 3.46. The largest absolute Gasteiger partial charge is 0.477 e. The maximum atomic E-state index is 11.5. The summed E-state index contributed by atoms with van der Waals surface area (Å²) in [5, 5.41) is 15.8. The van der Waals surface area contributed by atoms with Gasteiger partial charge in [0.2, 0.25) is 0 Å². The minimum absolute atomic E-state index is 0.0217. The topological polar surface area (TPSA) is 62.1 Å². The highest BCUT2D eigenvalue weighted by atomic mass is 16.5. The molecular formula is C16H22N2O3. The zero-order valence-corrected chi connectivity index (χ0v) is 12.4. The number of carboxylic acid groups (broad SMARTS) is 1. The van der Waals surface area contributed by atoms with Crippen LogP contribution in [0.2, 0.25) is 0 Å². The predicted octanol–water partition coefficient (Wildman–Crippen LogP) is 2.06. The second-order valence-corrected chi connectivity index (χ2v) is 6.23. The number of hydrazone groups is 1. The van der Waals surface area contributed by atoms with Gasteiger partial charge in [-0.15, -0.1) is 0 Å². The van der Waals surface area contributed by atoms with Gasteiger partial charge in [-0.3, -0.25) is 5.01 Å². The molecule has 5 heteroatoms. The molecule has 1 N–H and O–H groups in total. The number of hydrogen-bond acceptors (Lipinski definition) is 4. The Morgan fingerprint density at radius 1 is 1.48 bits per heavy atom. The van der Waals surface area contributed by atoms with Crippen LogP contribution in [0.5, 0.6) is 0 Å². The van der Waals surface area contributed by atoms with Crippen LogP contribution in [0.25, 0.3) is 0 Å². The van der Waals surface area contributed by atoms with Crippen molar-refractivity contribution in [2.45, 2.75) is 32.2 Å². The standard InChI is InChI=1S/C16H22N2O3/c1-16-8-3-2-4-13(16)18(17-14(16)15(19)20)9-5-12-6-10-21-11-7-12/h2-4,8,12-13H,5-7,9-11H2,1H3,(H,19,20). The Bertz CT molecular complexity index is 506. The SMILES string of the molecule is CC12C=CC=CC1N(CCC1CCOCC1)N=C2C(=O)O. The highest BCUT2D eigenvalue weighted by Crippen LogP contribution is 2.39. The summed E-state index contributed by atoms with van der Waals surface area (Å²) in [6.07, 6.45) is 11.2. The van der Waals surface area contributed by atoms with Crippen molar-refractivity contribution in [2.24, 2.45) is 16.4 Å². The fraction of sp³-hybridized carbons (Fsp3) is 0.625. The van der Waals surface area contributed by atoms with E-state index in [0.29, 0.717) is 5.92 Å². The van der Waals surface area contributed by atoms with E-state index >= 15 is 0 Å². The number of hydrogen-bond donors (Lipinski definition) is 1. The van der Waals surface area contributed by atoms with E-state index in [1.54, 1.807) is 0 Å². The molecule has 2 unspecified atom stereocenters. The molecule has 0 aromatic carbocycles. The van der Waals surface area contributed by atoms with Crippen LogP contribution >= 0.6 is 0 Å². The minimum atomic E-state index is -0.920. The maximum Gasteiger partial charge on any atom is 0.353 e. The summed E-state index contributed by atoms with van der Waals surface area (Å²) in [4.78, 5) is 11.5. The number of allylic oxidation sites excluding steroid dienone is 2. The molecule has 0 aromatic rings. The van der Waals surface area contributed by atoms with Gasteiger partial charge in [0.1, 0.15) is 0 Å². The van der Waals surface area contributed by atoms with Crippen LogP contribution in [0, 0.1) is 11.3 Å². The number of rotatable bonds is 4. The van der Waals surface area contributed by atoms with Crippen molar-refractivity contribution in [3.8, 4) is 0 Å². The van der Waals surface area contributed by atoms with Crippen LogP contribution in [0.1, 0.15) is 26.2 Å². The lowest BCUT2D eigenvalue weighted by molar-refractivity contribution is -0.129. The number of ether oxygens (including phenoxy) is 1. The molecule has 3 aliphatic rings.